The Hall–Kier alpha value is -2.09. The second-order valence-corrected chi connectivity index (χ2v) is 6.19. The number of nitro benzene ring substituents is 1. The highest BCUT2D eigenvalue weighted by molar-refractivity contribution is 8.13. The molecule has 0 radical (unpaired) electrons. The number of benzene rings is 1. The predicted octanol–water partition coefficient (Wildman–Crippen LogP) is 2.24. The normalized spacial score (nSPS) is 17.6. The van der Waals surface area contributed by atoms with Crippen molar-refractivity contribution in [3.63, 3.8) is 0 Å². The fourth-order valence-corrected chi connectivity index (χ4v) is 3.06. The van der Waals surface area contributed by atoms with Crippen LogP contribution in [0.3, 0.4) is 0 Å². The molecule has 1 saturated heterocycles. The van der Waals surface area contributed by atoms with Crippen molar-refractivity contribution in [3.8, 4) is 5.75 Å². The molecule has 0 saturated carbocycles. The number of carbonyl (C=O) groups excluding carboxylic acids is 2. The first-order chi connectivity index (χ1) is 10.4. The molecule has 1 aromatic carbocycles. The van der Waals surface area contributed by atoms with Crippen LogP contribution in [0.1, 0.15) is 13.3 Å². The Kier molecular flexibility index (Phi) is 5.02. The van der Waals surface area contributed by atoms with Crippen molar-refractivity contribution < 1.29 is 19.2 Å². The van der Waals surface area contributed by atoms with Gasteiger partial charge in [-0.1, -0.05) is 11.8 Å². The molecule has 0 aromatic heterocycles. The summed E-state index contributed by atoms with van der Waals surface area (Å²) in [5, 5.41) is 11.2. The number of rotatable bonds is 5. The molecule has 8 heteroatoms. The summed E-state index contributed by atoms with van der Waals surface area (Å²) in [6.07, 6.45) is 0.295. The van der Waals surface area contributed by atoms with Gasteiger partial charge in [-0.2, -0.15) is 0 Å². The smallest absolute Gasteiger partial charge is 0.296 e. The van der Waals surface area contributed by atoms with E-state index in [0.717, 1.165) is 0 Å². The Bertz CT molecular complexity index is 619. The predicted molar refractivity (Wildman–Crippen MR) is 83.2 cm³/mol. The standard InChI is InChI=1S/C14H16N2O5S/c1-9(17)22-8-10-5-14(18)15(7-10)12-4-3-11(21-2)6-13(12)16(19)20/h3-4,6,10H,5,7-8H2,1-2H3. The van der Waals surface area contributed by atoms with Gasteiger partial charge in [0.25, 0.3) is 5.69 Å². The highest BCUT2D eigenvalue weighted by Crippen LogP contribution is 2.36. The second-order valence-electron chi connectivity index (χ2n) is 4.99. The van der Waals surface area contributed by atoms with Crippen LogP contribution in [-0.4, -0.2) is 35.4 Å². The minimum absolute atomic E-state index is 0.00123. The molecule has 7 nitrogen and oxygen atoms in total. The lowest BCUT2D eigenvalue weighted by Gasteiger charge is -2.17. The molecule has 22 heavy (non-hydrogen) atoms. The second kappa shape index (κ2) is 6.78. The highest BCUT2D eigenvalue weighted by atomic mass is 32.2. The monoisotopic (exact) mass is 324 g/mol. The van der Waals surface area contributed by atoms with Crippen molar-refractivity contribution in [2.45, 2.75) is 13.3 Å². The van der Waals surface area contributed by atoms with Crippen LogP contribution in [0.5, 0.6) is 5.75 Å². The van der Waals surface area contributed by atoms with E-state index in [0.29, 0.717) is 24.5 Å². The maximum atomic E-state index is 12.1. The van der Waals surface area contributed by atoms with E-state index in [1.54, 1.807) is 6.07 Å². The van der Waals surface area contributed by atoms with Crippen molar-refractivity contribution in [1.82, 2.24) is 0 Å². The van der Waals surface area contributed by atoms with Crippen molar-refractivity contribution in [2.24, 2.45) is 5.92 Å². The first kappa shape index (κ1) is 16.3. The molecule has 1 aliphatic heterocycles. The lowest BCUT2D eigenvalue weighted by atomic mass is 10.1. The summed E-state index contributed by atoms with van der Waals surface area (Å²) >= 11 is 1.17. The molecular weight excluding hydrogens is 308 g/mol. The van der Waals surface area contributed by atoms with Crippen molar-refractivity contribution >= 4 is 34.2 Å². The third-order valence-electron chi connectivity index (χ3n) is 3.40. The number of nitro groups is 1. The molecule has 1 fully saturated rings. The molecular formula is C14H16N2O5S. The third-order valence-corrected chi connectivity index (χ3v) is 4.44. The number of amides is 1. The summed E-state index contributed by atoms with van der Waals surface area (Å²) in [5.41, 5.74) is 0.110. The molecule has 1 atom stereocenters. The summed E-state index contributed by atoms with van der Waals surface area (Å²) in [5.74, 6) is 0.762. The summed E-state index contributed by atoms with van der Waals surface area (Å²) in [7, 11) is 1.43. The van der Waals surface area contributed by atoms with Gasteiger partial charge in [0.1, 0.15) is 11.4 Å². The zero-order chi connectivity index (χ0) is 16.3. The van der Waals surface area contributed by atoms with Crippen molar-refractivity contribution in [3.05, 3.63) is 28.3 Å². The fraction of sp³-hybridized carbons (Fsp3) is 0.429. The summed E-state index contributed by atoms with van der Waals surface area (Å²) in [6.45, 7) is 1.86. The first-order valence-electron chi connectivity index (χ1n) is 6.68. The number of nitrogens with zero attached hydrogens (tertiary/aromatic N) is 2. The Morgan fingerprint density at radius 1 is 1.55 bits per heavy atom. The Morgan fingerprint density at radius 2 is 2.27 bits per heavy atom. The maximum absolute atomic E-state index is 12.1. The average Bonchev–Trinajstić information content (AvgIpc) is 2.85. The maximum Gasteiger partial charge on any atom is 0.296 e. The lowest BCUT2D eigenvalue weighted by Crippen LogP contribution is -2.25. The van der Waals surface area contributed by atoms with Crippen LogP contribution >= 0.6 is 11.8 Å². The number of thioether (sulfide) groups is 1. The first-order valence-corrected chi connectivity index (χ1v) is 7.67. The van der Waals surface area contributed by atoms with Gasteiger partial charge in [0.2, 0.25) is 5.91 Å². The molecule has 1 amide bonds. The summed E-state index contributed by atoms with van der Waals surface area (Å²) < 4.78 is 4.99. The molecule has 118 valence electrons. The number of methoxy groups -OCH3 is 1. The van der Waals surface area contributed by atoms with Crippen molar-refractivity contribution in [2.75, 3.05) is 24.3 Å². The Balaban J connectivity index is 2.22. The highest BCUT2D eigenvalue weighted by Gasteiger charge is 2.34. The van der Waals surface area contributed by atoms with Crippen LogP contribution in [0.4, 0.5) is 11.4 Å². The van der Waals surface area contributed by atoms with E-state index in [4.69, 9.17) is 4.74 Å². The molecule has 0 bridgehead atoms. The molecule has 0 N–H and O–H groups in total. The molecule has 1 unspecified atom stereocenters. The minimum Gasteiger partial charge on any atom is -0.496 e. The van der Waals surface area contributed by atoms with E-state index in [1.807, 2.05) is 0 Å². The quantitative estimate of drug-likeness (QED) is 0.609. The molecule has 1 aromatic rings. The molecule has 2 rings (SSSR count). The lowest BCUT2D eigenvalue weighted by molar-refractivity contribution is -0.384. The van der Waals surface area contributed by atoms with Gasteiger partial charge in [-0.3, -0.25) is 19.7 Å². The van der Waals surface area contributed by atoms with Crippen LogP contribution in [0.15, 0.2) is 18.2 Å². The van der Waals surface area contributed by atoms with E-state index < -0.39 is 4.92 Å². The van der Waals surface area contributed by atoms with Gasteiger partial charge in [0, 0.05) is 25.6 Å². The number of ether oxygens (including phenoxy) is 1. The number of anilines is 1. The van der Waals surface area contributed by atoms with Gasteiger partial charge in [-0.05, 0) is 18.1 Å². The van der Waals surface area contributed by atoms with Gasteiger partial charge in [0.15, 0.2) is 5.12 Å². The molecule has 1 aliphatic rings. The van der Waals surface area contributed by atoms with Crippen LogP contribution in [0, 0.1) is 16.0 Å². The summed E-state index contributed by atoms with van der Waals surface area (Å²) in [4.78, 5) is 35.3. The van der Waals surface area contributed by atoms with Crippen LogP contribution < -0.4 is 9.64 Å². The van der Waals surface area contributed by atoms with Crippen LogP contribution in [0.2, 0.25) is 0 Å². The Morgan fingerprint density at radius 3 is 2.86 bits per heavy atom. The van der Waals surface area contributed by atoms with Gasteiger partial charge in [0.05, 0.1) is 18.1 Å². The van der Waals surface area contributed by atoms with E-state index in [1.165, 1.54) is 42.8 Å². The minimum atomic E-state index is -0.525. The average molecular weight is 324 g/mol. The van der Waals surface area contributed by atoms with Crippen LogP contribution in [0.25, 0.3) is 0 Å². The number of hydrogen-bond acceptors (Lipinski definition) is 6. The zero-order valence-corrected chi connectivity index (χ0v) is 13.1. The van der Waals surface area contributed by atoms with E-state index >= 15 is 0 Å². The SMILES string of the molecule is COc1ccc(N2CC(CSC(C)=O)CC2=O)c([N+](=O)[O-])c1. The number of carbonyl (C=O) groups is 2. The van der Waals surface area contributed by atoms with Crippen LogP contribution in [-0.2, 0) is 9.59 Å². The Labute approximate surface area is 131 Å². The zero-order valence-electron chi connectivity index (χ0n) is 12.3. The summed E-state index contributed by atoms with van der Waals surface area (Å²) in [6, 6.07) is 4.42. The topological polar surface area (TPSA) is 89.8 Å². The van der Waals surface area contributed by atoms with Gasteiger partial charge < -0.3 is 9.64 Å². The van der Waals surface area contributed by atoms with Gasteiger partial charge in [-0.25, -0.2) is 0 Å². The van der Waals surface area contributed by atoms with Crippen molar-refractivity contribution in [1.29, 1.82) is 0 Å². The van der Waals surface area contributed by atoms with E-state index in [-0.39, 0.29) is 28.3 Å². The molecule has 0 aliphatic carbocycles. The third kappa shape index (κ3) is 3.56. The van der Waals surface area contributed by atoms with Gasteiger partial charge in [-0.15, -0.1) is 0 Å². The molecule has 1 heterocycles. The fourth-order valence-electron chi connectivity index (χ4n) is 2.37. The van der Waals surface area contributed by atoms with Gasteiger partial charge >= 0.3 is 0 Å². The van der Waals surface area contributed by atoms with E-state index in [2.05, 4.69) is 0 Å². The largest absolute Gasteiger partial charge is 0.496 e. The molecule has 0 spiro atoms. The van der Waals surface area contributed by atoms with E-state index in [9.17, 15) is 19.7 Å². The number of hydrogen-bond donors (Lipinski definition) is 0.